The van der Waals surface area contributed by atoms with Gasteiger partial charge in [0.1, 0.15) is 0 Å². The molecular formula is C19H29NO4. The number of rotatable bonds is 12. The molecule has 2 atom stereocenters. The van der Waals surface area contributed by atoms with Crippen LogP contribution in [0.5, 0.6) is 0 Å². The lowest BCUT2D eigenvalue weighted by Crippen LogP contribution is -2.20. The van der Waals surface area contributed by atoms with Gasteiger partial charge in [0, 0.05) is 12.8 Å². The van der Waals surface area contributed by atoms with Crippen molar-refractivity contribution in [3.8, 4) is 0 Å². The first-order chi connectivity index (χ1) is 11.4. The minimum absolute atomic E-state index is 0.0589. The molecule has 0 fully saturated rings. The number of carboxylic acid groups (broad SMARTS) is 1. The van der Waals surface area contributed by atoms with Crippen LogP contribution in [0.25, 0.3) is 0 Å². The summed E-state index contributed by atoms with van der Waals surface area (Å²) < 4.78 is 5.90. The molecule has 0 unspecified atom stereocenters. The van der Waals surface area contributed by atoms with E-state index in [1.54, 1.807) is 0 Å². The first-order valence-electron chi connectivity index (χ1n) is 8.58. The number of nitrogens with two attached hydrogens (primary N) is 1. The van der Waals surface area contributed by atoms with Crippen LogP contribution < -0.4 is 5.73 Å². The van der Waals surface area contributed by atoms with Crippen molar-refractivity contribution in [1.82, 2.24) is 0 Å². The number of aliphatic carboxylic acids is 1. The number of primary amides is 1. The summed E-state index contributed by atoms with van der Waals surface area (Å²) in [5, 5.41) is 8.65. The lowest BCUT2D eigenvalue weighted by molar-refractivity contribution is -0.137. The van der Waals surface area contributed by atoms with Crippen molar-refractivity contribution in [3.63, 3.8) is 0 Å². The Morgan fingerprint density at radius 2 is 1.88 bits per heavy atom. The highest BCUT2D eigenvalue weighted by Gasteiger charge is 2.13. The Morgan fingerprint density at radius 1 is 1.17 bits per heavy atom. The molecule has 5 nitrogen and oxygen atoms in total. The Kier molecular flexibility index (Phi) is 9.08. The number of hydrogen-bond acceptors (Lipinski definition) is 3. The van der Waals surface area contributed by atoms with Crippen molar-refractivity contribution in [2.75, 3.05) is 0 Å². The van der Waals surface area contributed by atoms with E-state index < -0.39 is 5.97 Å². The molecule has 0 aliphatic heterocycles. The minimum atomic E-state index is -0.739. The van der Waals surface area contributed by atoms with E-state index in [9.17, 15) is 9.59 Å². The maximum Gasteiger partial charge on any atom is 0.303 e. The van der Waals surface area contributed by atoms with Gasteiger partial charge >= 0.3 is 5.97 Å². The third-order valence-corrected chi connectivity index (χ3v) is 4.26. The fourth-order valence-electron chi connectivity index (χ4n) is 2.48. The van der Waals surface area contributed by atoms with Gasteiger partial charge in [0.2, 0.25) is 5.91 Å². The molecule has 0 bridgehead atoms. The van der Waals surface area contributed by atoms with E-state index in [2.05, 4.69) is 19.1 Å². The van der Waals surface area contributed by atoms with Crippen LogP contribution in [-0.2, 0) is 27.4 Å². The molecule has 0 spiro atoms. The molecule has 0 saturated heterocycles. The molecule has 0 saturated carbocycles. The van der Waals surface area contributed by atoms with Crippen molar-refractivity contribution < 1.29 is 19.4 Å². The van der Waals surface area contributed by atoms with Gasteiger partial charge in [-0.15, -0.1) is 0 Å². The van der Waals surface area contributed by atoms with Crippen molar-refractivity contribution >= 4 is 11.9 Å². The van der Waals surface area contributed by atoms with Gasteiger partial charge in [-0.25, -0.2) is 0 Å². The molecule has 0 heterocycles. The molecule has 0 aliphatic carbocycles. The topological polar surface area (TPSA) is 89.6 Å². The van der Waals surface area contributed by atoms with E-state index in [0.29, 0.717) is 19.4 Å². The van der Waals surface area contributed by atoms with Gasteiger partial charge in [-0.2, -0.15) is 0 Å². The van der Waals surface area contributed by atoms with Crippen molar-refractivity contribution in [3.05, 3.63) is 35.4 Å². The summed E-state index contributed by atoms with van der Waals surface area (Å²) >= 11 is 0. The van der Waals surface area contributed by atoms with Crippen LogP contribution in [0, 0.1) is 5.92 Å². The molecule has 24 heavy (non-hydrogen) atoms. The molecule has 1 aromatic rings. The number of aryl methyl sites for hydroxylation is 1. The zero-order valence-corrected chi connectivity index (χ0v) is 14.7. The number of unbranched alkanes of at least 4 members (excludes halogenated alkanes) is 1. The fraction of sp³-hybridized carbons (Fsp3) is 0.579. The second kappa shape index (κ2) is 10.8. The number of amides is 1. The third kappa shape index (κ3) is 8.67. The summed E-state index contributed by atoms with van der Waals surface area (Å²) in [6.07, 6.45) is 3.86. The van der Waals surface area contributed by atoms with Crippen LogP contribution in [0.3, 0.4) is 0 Å². The van der Waals surface area contributed by atoms with Gasteiger partial charge in [0.05, 0.1) is 12.7 Å². The van der Waals surface area contributed by atoms with Crippen molar-refractivity contribution in [2.24, 2.45) is 11.7 Å². The molecule has 0 aliphatic rings. The summed E-state index contributed by atoms with van der Waals surface area (Å²) in [4.78, 5) is 21.3. The first kappa shape index (κ1) is 20.2. The highest BCUT2D eigenvalue weighted by atomic mass is 16.5. The average molecular weight is 335 g/mol. The van der Waals surface area contributed by atoms with Crippen LogP contribution in [0.15, 0.2) is 24.3 Å². The quantitative estimate of drug-likeness (QED) is 0.574. The lowest BCUT2D eigenvalue weighted by Gasteiger charge is -2.20. The minimum Gasteiger partial charge on any atom is -0.481 e. The molecule has 0 aromatic heterocycles. The number of carbonyl (C=O) groups is 2. The van der Waals surface area contributed by atoms with Gasteiger partial charge in [-0.1, -0.05) is 31.2 Å². The molecule has 134 valence electrons. The smallest absolute Gasteiger partial charge is 0.303 e. The second-order valence-electron chi connectivity index (χ2n) is 6.42. The highest BCUT2D eigenvalue weighted by molar-refractivity contribution is 5.73. The predicted molar refractivity (Wildman–Crippen MR) is 93.5 cm³/mol. The number of carbonyl (C=O) groups excluding carboxylic acids is 1. The maximum atomic E-state index is 10.8. The zero-order chi connectivity index (χ0) is 17.9. The largest absolute Gasteiger partial charge is 0.481 e. The van der Waals surface area contributed by atoms with Crippen LogP contribution >= 0.6 is 0 Å². The third-order valence-electron chi connectivity index (χ3n) is 4.26. The fourth-order valence-corrected chi connectivity index (χ4v) is 2.48. The molecule has 1 aromatic carbocycles. The van der Waals surface area contributed by atoms with Crippen LogP contribution in [0.1, 0.15) is 57.1 Å². The summed E-state index contributed by atoms with van der Waals surface area (Å²) in [5.41, 5.74) is 7.49. The van der Waals surface area contributed by atoms with Crippen molar-refractivity contribution in [2.45, 2.75) is 65.1 Å². The predicted octanol–water partition coefficient (Wildman–Crippen LogP) is 3.29. The van der Waals surface area contributed by atoms with E-state index in [1.807, 2.05) is 19.1 Å². The first-order valence-corrected chi connectivity index (χ1v) is 8.58. The van der Waals surface area contributed by atoms with Gasteiger partial charge in [-0.3, -0.25) is 9.59 Å². The zero-order valence-electron chi connectivity index (χ0n) is 14.7. The van der Waals surface area contributed by atoms with E-state index in [4.69, 9.17) is 15.6 Å². The molecule has 1 amide bonds. The molecule has 3 N–H and O–H groups in total. The number of carboxylic acids is 1. The number of hydrogen-bond donors (Lipinski definition) is 2. The Labute approximate surface area is 144 Å². The molecule has 0 radical (unpaired) electrons. The standard InChI is InChI=1S/C19H29NO4/c1-14(10-11-18(20)21)15(2)24-13-17-8-5-7-16(12-17)6-3-4-9-19(22)23/h5,7-8,12,14-15H,3-4,6,9-11,13H2,1-2H3,(H2,20,21)(H,22,23)/t14-,15+/m0/s1. The summed E-state index contributed by atoms with van der Waals surface area (Å²) in [5.74, 6) is -0.738. The van der Waals surface area contributed by atoms with E-state index >= 15 is 0 Å². The van der Waals surface area contributed by atoms with Crippen LogP contribution in [0.2, 0.25) is 0 Å². The number of benzene rings is 1. The Balaban J connectivity index is 2.38. The Morgan fingerprint density at radius 3 is 2.54 bits per heavy atom. The highest BCUT2D eigenvalue weighted by Crippen LogP contribution is 2.16. The number of ether oxygens (including phenoxy) is 1. The maximum absolute atomic E-state index is 10.8. The average Bonchev–Trinajstić information content (AvgIpc) is 2.54. The van der Waals surface area contributed by atoms with E-state index in [-0.39, 0.29) is 24.3 Å². The van der Waals surface area contributed by atoms with Gasteiger partial charge in [0.15, 0.2) is 0 Å². The van der Waals surface area contributed by atoms with Crippen LogP contribution in [0.4, 0.5) is 0 Å². The van der Waals surface area contributed by atoms with Gasteiger partial charge < -0.3 is 15.6 Å². The van der Waals surface area contributed by atoms with Gasteiger partial charge in [-0.05, 0) is 49.7 Å². The summed E-state index contributed by atoms with van der Waals surface area (Å²) in [6.45, 7) is 4.61. The molecule has 5 heteroatoms. The second-order valence-corrected chi connectivity index (χ2v) is 6.42. The lowest BCUT2D eigenvalue weighted by atomic mass is 10.00. The SMILES string of the molecule is C[C@@H](CCC(N)=O)[C@@H](C)OCc1cccc(CCCCC(=O)O)c1. The van der Waals surface area contributed by atoms with Crippen molar-refractivity contribution in [1.29, 1.82) is 0 Å². The van der Waals surface area contributed by atoms with Gasteiger partial charge in [0.25, 0.3) is 0 Å². The van der Waals surface area contributed by atoms with E-state index in [1.165, 1.54) is 5.56 Å². The summed E-state index contributed by atoms with van der Waals surface area (Å²) in [7, 11) is 0. The van der Waals surface area contributed by atoms with Crippen LogP contribution in [-0.4, -0.2) is 23.1 Å². The van der Waals surface area contributed by atoms with E-state index in [0.717, 1.165) is 24.8 Å². The molecule has 1 rings (SSSR count). The monoisotopic (exact) mass is 335 g/mol. The summed E-state index contributed by atoms with van der Waals surface area (Å²) in [6, 6.07) is 8.21. The molecular weight excluding hydrogens is 306 g/mol. The Hall–Kier alpha value is -1.88. The normalized spacial score (nSPS) is 13.4. The Bertz CT molecular complexity index is 530.